The zero-order valence-corrected chi connectivity index (χ0v) is 16.5. The zero-order valence-electron chi connectivity index (χ0n) is 15.6. The quantitative estimate of drug-likeness (QED) is 0.521. The van der Waals surface area contributed by atoms with E-state index in [2.05, 4.69) is 4.98 Å². The van der Waals surface area contributed by atoms with Crippen molar-refractivity contribution in [3.63, 3.8) is 0 Å². The van der Waals surface area contributed by atoms with Crippen molar-refractivity contribution in [1.82, 2.24) is 14.6 Å². The molecule has 7 heteroatoms. The molecular formula is C21H18FN3O2S. The summed E-state index contributed by atoms with van der Waals surface area (Å²) in [5.74, 6) is -0.320. The average molecular weight is 395 g/mol. The fraction of sp³-hybridized carbons (Fsp3) is 0.143. The molecule has 0 spiro atoms. The van der Waals surface area contributed by atoms with Crippen molar-refractivity contribution < 1.29 is 12.8 Å². The van der Waals surface area contributed by atoms with Crippen molar-refractivity contribution in [3.8, 4) is 22.4 Å². The molecule has 0 aliphatic rings. The van der Waals surface area contributed by atoms with Gasteiger partial charge in [-0.2, -0.15) is 5.10 Å². The van der Waals surface area contributed by atoms with Crippen LogP contribution >= 0.6 is 0 Å². The first-order valence-electron chi connectivity index (χ1n) is 8.67. The van der Waals surface area contributed by atoms with Crippen molar-refractivity contribution in [2.75, 3.05) is 6.26 Å². The van der Waals surface area contributed by atoms with Gasteiger partial charge in [0, 0.05) is 23.2 Å². The Morgan fingerprint density at radius 1 is 0.929 bits per heavy atom. The second kappa shape index (κ2) is 6.53. The van der Waals surface area contributed by atoms with Crippen LogP contribution in [0.25, 0.3) is 28.0 Å². The van der Waals surface area contributed by atoms with Crippen LogP contribution < -0.4 is 0 Å². The topological polar surface area (TPSA) is 64.3 Å². The minimum atomic E-state index is -3.29. The Labute approximate surface area is 162 Å². The summed E-state index contributed by atoms with van der Waals surface area (Å²) < 4.78 is 38.7. The van der Waals surface area contributed by atoms with Gasteiger partial charge in [0.1, 0.15) is 11.5 Å². The predicted octanol–water partition coefficient (Wildman–Crippen LogP) is 4.22. The monoisotopic (exact) mass is 395 g/mol. The lowest BCUT2D eigenvalue weighted by molar-refractivity contribution is 0.602. The zero-order chi connectivity index (χ0) is 20.1. The molecule has 0 bridgehead atoms. The number of aromatic nitrogens is 3. The standard InChI is InChI=1S/C21H18FN3O2S/c1-13-12-14(2)25-21(23-13)19(15-4-8-17(22)9-5-15)20(24-25)16-6-10-18(11-7-16)28(3,26)27/h4-12H,1-3H3. The van der Waals surface area contributed by atoms with E-state index in [1.807, 2.05) is 19.9 Å². The molecule has 142 valence electrons. The van der Waals surface area contributed by atoms with Crippen molar-refractivity contribution in [2.24, 2.45) is 0 Å². The number of halogens is 1. The van der Waals surface area contributed by atoms with Gasteiger partial charge in [-0.1, -0.05) is 24.3 Å². The van der Waals surface area contributed by atoms with Gasteiger partial charge in [0.2, 0.25) is 0 Å². The number of rotatable bonds is 3. The van der Waals surface area contributed by atoms with Crippen molar-refractivity contribution in [3.05, 3.63) is 71.8 Å². The van der Waals surface area contributed by atoms with E-state index in [0.29, 0.717) is 11.3 Å². The van der Waals surface area contributed by atoms with Crippen LogP contribution in [0.1, 0.15) is 11.4 Å². The third-order valence-electron chi connectivity index (χ3n) is 4.58. The fourth-order valence-corrected chi connectivity index (χ4v) is 3.90. The molecule has 0 fully saturated rings. The molecular weight excluding hydrogens is 377 g/mol. The molecule has 5 nitrogen and oxygen atoms in total. The third-order valence-corrected chi connectivity index (χ3v) is 5.71. The molecule has 0 aliphatic heterocycles. The number of nitrogens with zero attached hydrogens (tertiary/aromatic N) is 3. The molecule has 4 rings (SSSR count). The number of aryl methyl sites for hydroxylation is 2. The van der Waals surface area contributed by atoms with Crippen molar-refractivity contribution in [1.29, 1.82) is 0 Å². The highest BCUT2D eigenvalue weighted by Gasteiger charge is 2.19. The molecule has 2 aromatic carbocycles. The second-order valence-corrected chi connectivity index (χ2v) is 8.82. The summed E-state index contributed by atoms with van der Waals surface area (Å²) in [4.78, 5) is 4.89. The Hall–Kier alpha value is -3.06. The minimum absolute atomic E-state index is 0.244. The maximum Gasteiger partial charge on any atom is 0.175 e. The largest absolute Gasteiger partial charge is 0.233 e. The minimum Gasteiger partial charge on any atom is -0.233 e. The van der Waals surface area contributed by atoms with E-state index in [-0.39, 0.29) is 10.7 Å². The molecule has 0 unspecified atom stereocenters. The van der Waals surface area contributed by atoms with E-state index in [0.717, 1.165) is 28.1 Å². The van der Waals surface area contributed by atoms with Crippen LogP contribution in [0, 0.1) is 19.7 Å². The van der Waals surface area contributed by atoms with E-state index in [4.69, 9.17) is 5.10 Å². The Kier molecular flexibility index (Phi) is 4.27. The van der Waals surface area contributed by atoms with Crippen LogP contribution in [0.2, 0.25) is 0 Å². The van der Waals surface area contributed by atoms with Crippen LogP contribution in [-0.2, 0) is 9.84 Å². The second-order valence-electron chi connectivity index (χ2n) is 6.80. The number of benzene rings is 2. The summed E-state index contributed by atoms with van der Waals surface area (Å²) in [6.45, 7) is 3.86. The first kappa shape index (κ1) is 18.3. The number of sulfone groups is 1. The first-order chi connectivity index (χ1) is 13.2. The van der Waals surface area contributed by atoms with E-state index in [1.54, 1.807) is 40.9 Å². The van der Waals surface area contributed by atoms with E-state index in [1.165, 1.54) is 18.4 Å². The van der Waals surface area contributed by atoms with Crippen LogP contribution in [0.3, 0.4) is 0 Å². The van der Waals surface area contributed by atoms with E-state index < -0.39 is 9.84 Å². The van der Waals surface area contributed by atoms with E-state index in [9.17, 15) is 12.8 Å². The maximum atomic E-state index is 13.5. The van der Waals surface area contributed by atoms with Crippen LogP contribution in [0.4, 0.5) is 4.39 Å². The molecule has 0 aliphatic carbocycles. The van der Waals surface area contributed by atoms with Gasteiger partial charge >= 0.3 is 0 Å². The normalized spacial score (nSPS) is 11.9. The Bertz CT molecular complexity index is 1290. The van der Waals surface area contributed by atoms with Crippen LogP contribution in [0.15, 0.2) is 59.5 Å². The van der Waals surface area contributed by atoms with Gasteiger partial charge in [-0.05, 0) is 49.7 Å². The van der Waals surface area contributed by atoms with Crippen LogP contribution in [0.5, 0.6) is 0 Å². The SMILES string of the molecule is Cc1cc(C)n2nc(-c3ccc(S(C)(=O)=O)cc3)c(-c3ccc(F)cc3)c2n1. The summed E-state index contributed by atoms with van der Waals surface area (Å²) in [5.41, 5.74) is 5.43. The first-order valence-corrected chi connectivity index (χ1v) is 10.6. The van der Waals surface area contributed by atoms with Gasteiger partial charge in [-0.15, -0.1) is 0 Å². The predicted molar refractivity (Wildman–Crippen MR) is 106 cm³/mol. The highest BCUT2D eigenvalue weighted by molar-refractivity contribution is 7.90. The summed E-state index contributed by atoms with van der Waals surface area (Å²) >= 11 is 0. The summed E-state index contributed by atoms with van der Waals surface area (Å²) in [5, 5.41) is 4.73. The van der Waals surface area contributed by atoms with Gasteiger partial charge in [-0.25, -0.2) is 22.3 Å². The molecule has 28 heavy (non-hydrogen) atoms. The molecule has 2 aromatic heterocycles. The van der Waals surface area contributed by atoms with Gasteiger partial charge in [0.25, 0.3) is 0 Å². The summed E-state index contributed by atoms with van der Waals surface area (Å²) in [6, 6.07) is 14.7. The fourth-order valence-electron chi connectivity index (χ4n) is 3.27. The number of fused-ring (bicyclic) bond motifs is 1. The average Bonchev–Trinajstić information content (AvgIpc) is 3.01. The Balaban J connectivity index is 2.01. The Morgan fingerprint density at radius 3 is 2.14 bits per heavy atom. The third kappa shape index (κ3) is 3.18. The molecule has 0 radical (unpaired) electrons. The smallest absolute Gasteiger partial charge is 0.175 e. The molecule has 4 aromatic rings. The van der Waals surface area contributed by atoms with Gasteiger partial charge in [0.05, 0.1) is 10.5 Å². The molecule has 0 atom stereocenters. The Morgan fingerprint density at radius 2 is 1.54 bits per heavy atom. The van der Waals surface area contributed by atoms with E-state index >= 15 is 0 Å². The summed E-state index contributed by atoms with van der Waals surface area (Å²) in [7, 11) is -3.29. The number of hydrogen-bond acceptors (Lipinski definition) is 4. The molecule has 0 amide bonds. The summed E-state index contributed by atoms with van der Waals surface area (Å²) in [6.07, 6.45) is 1.17. The molecule has 0 saturated heterocycles. The van der Waals surface area contributed by atoms with Gasteiger partial charge in [-0.3, -0.25) is 0 Å². The molecule has 0 N–H and O–H groups in total. The van der Waals surface area contributed by atoms with Crippen LogP contribution in [-0.4, -0.2) is 29.3 Å². The van der Waals surface area contributed by atoms with Gasteiger partial charge < -0.3 is 0 Å². The van der Waals surface area contributed by atoms with Gasteiger partial charge in [0.15, 0.2) is 15.5 Å². The lowest BCUT2D eigenvalue weighted by atomic mass is 10.0. The number of hydrogen-bond donors (Lipinski definition) is 0. The lowest BCUT2D eigenvalue weighted by Crippen LogP contribution is -1.97. The molecule has 2 heterocycles. The highest BCUT2D eigenvalue weighted by atomic mass is 32.2. The maximum absolute atomic E-state index is 13.5. The highest BCUT2D eigenvalue weighted by Crippen LogP contribution is 2.35. The molecule has 0 saturated carbocycles. The van der Waals surface area contributed by atoms with Crippen molar-refractivity contribution >= 4 is 15.5 Å². The lowest BCUT2D eigenvalue weighted by Gasteiger charge is -2.05. The van der Waals surface area contributed by atoms with Crippen molar-refractivity contribution in [2.45, 2.75) is 18.7 Å².